The highest BCUT2D eigenvalue weighted by molar-refractivity contribution is 7.07. The van der Waals surface area contributed by atoms with Crippen LogP contribution in [0.25, 0.3) is 0 Å². The van der Waals surface area contributed by atoms with Crippen molar-refractivity contribution in [1.82, 2.24) is 16.0 Å². The Morgan fingerprint density at radius 2 is 2.00 bits per heavy atom. The topological polar surface area (TPSA) is 74.8 Å². The summed E-state index contributed by atoms with van der Waals surface area (Å²) in [4.78, 5) is 16.2. The van der Waals surface area contributed by atoms with E-state index in [-0.39, 0.29) is 0 Å². The van der Waals surface area contributed by atoms with Gasteiger partial charge in [-0.25, -0.2) is 4.79 Å². The first-order chi connectivity index (χ1) is 11.3. The van der Waals surface area contributed by atoms with Gasteiger partial charge in [-0.1, -0.05) is 6.92 Å². The Bertz CT molecular complexity index is 509. The summed E-state index contributed by atoms with van der Waals surface area (Å²) < 4.78 is 5.19. The van der Waals surface area contributed by atoms with Gasteiger partial charge in [0.05, 0.1) is 0 Å². The summed E-state index contributed by atoms with van der Waals surface area (Å²) in [7, 11) is 0. The molecule has 6 nitrogen and oxygen atoms in total. The molecule has 1 rings (SSSR count). The normalized spacial score (nSPS) is 13.3. The number of rotatable bonds is 7. The van der Waals surface area contributed by atoms with Gasteiger partial charge in [-0.05, 0) is 50.1 Å². The van der Waals surface area contributed by atoms with Crippen LogP contribution in [0.2, 0.25) is 0 Å². The van der Waals surface area contributed by atoms with Gasteiger partial charge in [-0.3, -0.25) is 4.99 Å². The van der Waals surface area contributed by atoms with Gasteiger partial charge in [-0.15, -0.1) is 0 Å². The van der Waals surface area contributed by atoms with Crippen molar-refractivity contribution in [3.05, 3.63) is 22.4 Å². The van der Waals surface area contributed by atoms with Crippen molar-refractivity contribution in [3.63, 3.8) is 0 Å². The number of guanidine groups is 1. The standard InChI is InChI=1S/C17H30N4O2S/c1-6-18-15(21-11-13(2)14-7-10-24-12-14)19-8-9-20-16(22)23-17(3,4)5/h7,10,12-13H,6,8-9,11H2,1-5H3,(H,20,22)(H2,18,19,21). The molecule has 0 saturated carbocycles. The summed E-state index contributed by atoms with van der Waals surface area (Å²) in [5.74, 6) is 1.14. The number of ether oxygens (including phenoxy) is 1. The van der Waals surface area contributed by atoms with Gasteiger partial charge in [0.1, 0.15) is 5.60 Å². The van der Waals surface area contributed by atoms with Crippen molar-refractivity contribution in [1.29, 1.82) is 0 Å². The van der Waals surface area contributed by atoms with Gasteiger partial charge in [-0.2, -0.15) is 11.3 Å². The second-order valence-electron chi connectivity index (χ2n) is 6.53. The molecule has 1 aromatic heterocycles. The molecule has 0 radical (unpaired) electrons. The third kappa shape index (κ3) is 8.76. The van der Waals surface area contributed by atoms with Crippen LogP contribution in [-0.2, 0) is 4.74 Å². The number of aliphatic imine (C=N–C) groups is 1. The fourth-order valence-corrected chi connectivity index (χ4v) is 2.67. The zero-order valence-corrected chi connectivity index (χ0v) is 16.1. The van der Waals surface area contributed by atoms with Gasteiger partial charge in [0, 0.05) is 32.1 Å². The second kappa shape index (κ2) is 10.2. The summed E-state index contributed by atoms with van der Waals surface area (Å²) in [6, 6.07) is 2.13. The van der Waals surface area contributed by atoms with E-state index < -0.39 is 11.7 Å². The van der Waals surface area contributed by atoms with Gasteiger partial charge in [0.2, 0.25) is 0 Å². The Balaban J connectivity index is 2.35. The minimum absolute atomic E-state index is 0.381. The molecule has 7 heteroatoms. The summed E-state index contributed by atoms with van der Waals surface area (Å²) in [6.07, 6.45) is -0.405. The third-order valence-electron chi connectivity index (χ3n) is 3.07. The first kappa shape index (κ1) is 20.3. The van der Waals surface area contributed by atoms with E-state index >= 15 is 0 Å². The molecule has 1 atom stereocenters. The fraction of sp³-hybridized carbons (Fsp3) is 0.647. The highest BCUT2D eigenvalue weighted by Crippen LogP contribution is 2.18. The maximum atomic E-state index is 11.6. The predicted molar refractivity (Wildman–Crippen MR) is 101 cm³/mol. The molecule has 0 aliphatic heterocycles. The van der Waals surface area contributed by atoms with E-state index in [2.05, 4.69) is 44.7 Å². The molecule has 0 spiro atoms. The number of thiophene rings is 1. The molecule has 1 unspecified atom stereocenters. The lowest BCUT2D eigenvalue weighted by Crippen LogP contribution is -2.42. The summed E-state index contributed by atoms with van der Waals surface area (Å²) in [5.41, 5.74) is 0.831. The quantitative estimate of drug-likeness (QED) is 0.400. The van der Waals surface area contributed by atoms with Crippen molar-refractivity contribution in [2.45, 2.75) is 46.1 Å². The monoisotopic (exact) mass is 354 g/mol. The van der Waals surface area contributed by atoms with E-state index in [9.17, 15) is 4.79 Å². The molecule has 0 aliphatic rings. The number of carbonyl (C=O) groups is 1. The van der Waals surface area contributed by atoms with Crippen molar-refractivity contribution >= 4 is 23.4 Å². The number of alkyl carbamates (subject to hydrolysis) is 1. The van der Waals surface area contributed by atoms with Crippen molar-refractivity contribution in [3.8, 4) is 0 Å². The van der Waals surface area contributed by atoms with Crippen LogP contribution >= 0.6 is 11.3 Å². The van der Waals surface area contributed by atoms with Gasteiger partial charge < -0.3 is 20.7 Å². The Morgan fingerprint density at radius 1 is 1.29 bits per heavy atom. The number of nitrogens with one attached hydrogen (secondary N) is 3. The Hall–Kier alpha value is -1.76. The molecule has 0 saturated heterocycles. The van der Waals surface area contributed by atoms with Gasteiger partial charge >= 0.3 is 6.09 Å². The average Bonchev–Trinajstić information content (AvgIpc) is 3.01. The molecule has 0 aromatic carbocycles. The van der Waals surface area contributed by atoms with E-state index in [1.54, 1.807) is 11.3 Å². The summed E-state index contributed by atoms with van der Waals surface area (Å²) in [6.45, 7) is 12.3. The summed E-state index contributed by atoms with van der Waals surface area (Å²) in [5, 5.41) is 13.4. The predicted octanol–water partition coefficient (Wildman–Crippen LogP) is 2.93. The zero-order valence-electron chi connectivity index (χ0n) is 15.3. The van der Waals surface area contributed by atoms with Crippen LogP contribution in [-0.4, -0.2) is 43.8 Å². The largest absolute Gasteiger partial charge is 0.444 e. The first-order valence-electron chi connectivity index (χ1n) is 8.33. The number of hydrogen-bond acceptors (Lipinski definition) is 4. The molecular weight excluding hydrogens is 324 g/mol. The average molecular weight is 355 g/mol. The lowest BCUT2D eigenvalue weighted by molar-refractivity contribution is 0.0529. The fourth-order valence-electron chi connectivity index (χ4n) is 1.89. The van der Waals surface area contributed by atoms with Crippen LogP contribution in [0.3, 0.4) is 0 Å². The van der Waals surface area contributed by atoms with Crippen molar-refractivity contribution < 1.29 is 9.53 Å². The van der Waals surface area contributed by atoms with Crippen LogP contribution in [0.1, 0.15) is 46.1 Å². The van der Waals surface area contributed by atoms with E-state index in [0.29, 0.717) is 25.6 Å². The van der Waals surface area contributed by atoms with Crippen molar-refractivity contribution in [2.24, 2.45) is 4.99 Å². The van der Waals surface area contributed by atoms with Crippen LogP contribution < -0.4 is 16.0 Å². The molecule has 0 bridgehead atoms. The molecule has 1 amide bonds. The Kier molecular flexibility index (Phi) is 8.60. The second-order valence-corrected chi connectivity index (χ2v) is 7.31. The molecule has 1 heterocycles. The molecule has 0 aliphatic carbocycles. The zero-order chi connectivity index (χ0) is 18.0. The van der Waals surface area contributed by atoms with Crippen LogP contribution in [0.5, 0.6) is 0 Å². The molecule has 0 fully saturated rings. The van der Waals surface area contributed by atoms with E-state index in [1.165, 1.54) is 5.56 Å². The van der Waals surface area contributed by atoms with Crippen LogP contribution in [0.4, 0.5) is 4.79 Å². The van der Waals surface area contributed by atoms with E-state index in [1.807, 2.05) is 27.7 Å². The maximum Gasteiger partial charge on any atom is 0.407 e. The highest BCUT2D eigenvalue weighted by atomic mass is 32.1. The number of hydrogen-bond donors (Lipinski definition) is 3. The van der Waals surface area contributed by atoms with Crippen LogP contribution in [0.15, 0.2) is 21.8 Å². The SMILES string of the molecule is CCNC(=NCC(C)c1ccsc1)NCCNC(=O)OC(C)(C)C. The lowest BCUT2D eigenvalue weighted by atomic mass is 10.1. The van der Waals surface area contributed by atoms with E-state index in [4.69, 9.17) is 4.74 Å². The van der Waals surface area contributed by atoms with E-state index in [0.717, 1.165) is 12.5 Å². The third-order valence-corrected chi connectivity index (χ3v) is 3.77. The highest BCUT2D eigenvalue weighted by Gasteiger charge is 2.15. The van der Waals surface area contributed by atoms with Crippen LogP contribution in [0, 0.1) is 0 Å². The molecule has 1 aromatic rings. The molecule has 136 valence electrons. The molecular formula is C17H30N4O2S. The minimum atomic E-state index is -0.480. The number of nitrogens with zero attached hydrogens (tertiary/aromatic N) is 1. The molecule has 3 N–H and O–H groups in total. The number of amides is 1. The van der Waals surface area contributed by atoms with Gasteiger partial charge in [0.25, 0.3) is 0 Å². The Labute approximate surface area is 149 Å². The number of carbonyl (C=O) groups excluding carboxylic acids is 1. The van der Waals surface area contributed by atoms with Gasteiger partial charge in [0.15, 0.2) is 5.96 Å². The summed E-state index contributed by atoms with van der Waals surface area (Å²) >= 11 is 1.70. The Morgan fingerprint density at radius 3 is 2.58 bits per heavy atom. The van der Waals surface area contributed by atoms with Crippen molar-refractivity contribution in [2.75, 3.05) is 26.2 Å². The maximum absolute atomic E-state index is 11.6. The first-order valence-corrected chi connectivity index (χ1v) is 9.27. The lowest BCUT2D eigenvalue weighted by Gasteiger charge is -2.20. The smallest absolute Gasteiger partial charge is 0.407 e. The molecule has 24 heavy (non-hydrogen) atoms. The minimum Gasteiger partial charge on any atom is -0.444 e.